The molecule has 0 spiro atoms. The molecular formula is C10H9Br2N3. The molecule has 0 saturated heterocycles. The van der Waals surface area contributed by atoms with Gasteiger partial charge in [-0.1, -0.05) is 22.0 Å². The van der Waals surface area contributed by atoms with Crippen molar-refractivity contribution in [3.05, 3.63) is 45.1 Å². The molecule has 15 heavy (non-hydrogen) atoms. The lowest BCUT2D eigenvalue weighted by molar-refractivity contribution is 0.857. The Kier molecular flexibility index (Phi) is 3.23. The summed E-state index contributed by atoms with van der Waals surface area (Å²) in [6.07, 6.45) is 3.65. The molecule has 0 unspecified atom stereocenters. The minimum atomic E-state index is 0.500. The molecule has 0 aliphatic carbocycles. The monoisotopic (exact) mass is 329 g/mol. The maximum absolute atomic E-state index is 5.68. The summed E-state index contributed by atoms with van der Waals surface area (Å²) < 4.78 is 3.77. The zero-order valence-corrected chi connectivity index (χ0v) is 11.0. The lowest BCUT2D eigenvalue weighted by Gasteiger charge is -2.07. The Labute approximate surface area is 105 Å². The second-order valence-corrected chi connectivity index (χ2v) is 4.91. The molecule has 0 atom stereocenters. The van der Waals surface area contributed by atoms with Gasteiger partial charge in [-0.2, -0.15) is 5.10 Å². The van der Waals surface area contributed by atoms with Gasteiger partial charge in [0.2, 0.25) is 0 Å². The average molecular weight is 331 g/mol. The Morgan fingerprint density at radius 2 is 2.07 bits per heavy atom. The summed E-state index contributed by atoms with van der Waals surface area (Å²) >= 11 is 6.80. The number of nitrogens with two attached hydrogens (primary N) is 1. The first-order chi connectivity index (χ1) is 7.20. The van der Waals surface area contributed by atoms with Crippen LogP contribution in [0.3, 0.4) is 0 Å². The first-order valence-corrected chi connectivity index (χ1v) is 5.98. The van der Waals surface area contributed by atoms with E-state index in [9.17, 15) is 0 Å². The van der Waals surface area contributed by atoms with Crippen LogP contribution in [0.25, 0.3) is 5.69 Å². The molecule has 0 aliphatic rings. The molecule has 2 N–H and O–H groups in total. The van der Waals surface area contributed by atoms with E-state index in [4.69, 9.17) is 5.73 Å². The van der Waals surface area contributed by atoms with Crippen molar-refractivity contribution in [2.45, 2.75) is 6.54 Å². The van der Waals surface area contributed by atoms with Crippen LogP contribution in [0.15, 0.2) is 39.5 Å². The van der Waals surface area contributed by atoms with Crippen LogP contribution in [0.1, 0.15) is 5.56 Å². The topological polar surface area (TPSA) is 43.8 Å². The molecule has 2 aromatic rings. The molecule has 2 rings (SSSR count). The molecule has 0 aliphatic heterocycles. The predicted octanol–water partition coefficient (Wildman–Crippen LogP) is 2.86. The van der Waals surface area contributed by atoms with E-state index in [0.29, 0.717) is 6.54 Å². The zero-order valence-electron chi connectivity index (χ0n) is 7.82. The number of nitrogens with zero attached hydrogens (tertiary/aromatic N) is 2. The molecule has 78 valence electrons. The minimum absolute atomic E-state index is 0.500. The van der Waals surface area contributed by atoms with E-state index in [1.807, 2.05) is 24.4 Å². The maximum Gasteiger partial charge on any atom is 0.0702 e. The van der Waals surface area contributed by atoms with Crippen LogP contribution in [0.2, 0.25) is 0 Å². The summed E-state index contributed by atoms with van der Waals surface area (Å²) in [6, 6.07) is 5.97. The third-order valence-electron chi connectivity index (χ3n) is 2.07. The molecule has 0 fully saturated rings. The second-order valence-electron chi connectivity index (χ2n) is 3.08. The van der Waals surface area contributed by atoms with Crippen molar-refractivity contribution in [2.24, 2.45) is 5.73 Å². The third-order valence-corrected chi connectivity index (χ3v) is 2.97. The normalized spacial score (nSPS) is 10.6. The van der Waals surface area contributed by atoms with Crippen LogP contribution < -0.4 is 5.73 Å². The highest BCUT2D eigenvalue weighted by atomic mass is 79.9. The highest BCUT2D eigenvalue weighted by Crippen LogP contribution is 2.21. The van der Waals surface area contributed by atoms with Gasteiger partial charge < -0.3 is 5.73 Å². The standard InChI is InChI=1S/C10H9Br2N3/c11-8-2-1-7(4-13)10(3-8)15-6-9(12)5-14-15/h1-3,5-6H,4,13H2. The first-order valence-electron chi connectivity index (χ1n) is 4.40. The molecule has 0 saturated carbocycles. The van der Waals surface area contributed by atoms with Gasteiger partial charge in [-0.25, -0.2) is 4.68 Å². The van der Waals surface area contributed by atoms with Gasteiger partial charge in [0, 0.05) is 17.2 Å². The highest BCUT2D eigenvalue weighted by molar-refractivity contribution is 9.10. The largest absolute Gasteiger partial charge is 0.326 e. The van der Waals surface area contributed by atoms with Gasteiger partial charge in [-0.05, 0) is 33.6 Å². The Hall–Kier alpha value is -0.650. The van der Waals surface area contributed by atoms with Crippen LogP contribution in [-0.2, 0) is 6.54 Å². The van der Waals surface area contributed by atoms with E-state index in [-0.39, 0.29) is 0 Å². The van der Waals surface area contributed by atoms with E-state index >= 15 is 0 Å². The molecule has 1 aromatic carbocycles. The van der Waals surface area contributed by atoms with Crippen LogP contribution >= 0.6 is 31.9 Å². The van der Waals surface area contributed by atoms with Crippen molar-refractivity contribution in [3.63, 3.8) is 0 Å². The van der Waals surface area contributed by atoms with Crippen LogP contribution in [0, 0.1) is 0 Å². The average Bonchev–Trinajstić information content (AvgIpc) is 2.65. The molecule has 0 amide bonds. The Bertz CT molecular complexity index is 479. The summed E-state index contributed by atoms with van der Waals surface area (Å²) in [5, 5.41) is 4.23. The van der Waals surface area contributed by atoms with Crippen LogP contribution in [0.5, 0.6) is 0 Å². The highest BCUT2D eigenvalue weighted by Gasteiger charge is 2.05. The van der Waals surface area contributed by atoms with Gasteiger partial charge in [-0.3, -0.25) is 0 Å². The van der Waals surface area contributed by atoms with Gasteiger partial charge in [0.25, 0.3) is 0 Å². The maximum atomic E-state index is 5.68. The second kappa shape index (κ2) is 4.47. The summed E-state index contributed by atoms with van der Waals surface area (Å²) in [4.78, 5) is 0. The van der Waals surface area contributed by atoms with Gasteiger partial charge in [0.05, 0.1) is 16.4 Å². The predicted molar refractivity (Wildman–Crippen MR) is 66.9 cm³/mol. The minimum Gasteiger partial charge on any atom is -0.326 e. The van der Waals surface area contributed by atoms with Crippen molar-refractivity contribution in [2.75, 3.05) is 0 Å². The van der Waals surface area contributed by atoms with E-state index in [0.717, 1.165) is 20.2 Å². The number of hydrogen-bond acceptors (Lipinski definition) is 2. The first kappa shape index (κ1) is 10.9. The molecule has 0 bridgehead atoms. The molecule has 3 nitrogen and oxygen atoms in total. The Morgan fingerprint density at radius 1 is 1.27 bits per heavy atom. The van der Waals surface area contributed by atoms with Crippen molar-refractivity contribution < 1.29 is 0 Å². The molecule has 5 heteroatoms. The quantitative estimate of drug-likeness (QED) is 0.920. The summed E-state index contributed by atoms with van der Waals surface area (Å²) in [7, 11) is 0. The van der Waals surface area contributed by atoms with Gasteiger partial charge in [-0.15, -0.1) is 0 Å². The molecule has 1 heterocycles. The molecular weight excluding hydrogens is 322 g/mol. The lowest BCUT2D eigenvalue weighted by Crippen LogP contribution is -2.04. The van der Waals surface area contributed by atoms with E-state index < -0.39 is 0 Å². The Morgan fingerprint density at radius 3 is 2.67 bits per heavy atom. The van der Waals surface area contributed by atoms with Gasteiger partial charge >= 0.3 is 0 Å². The van der Waals surface area contributed by atoms with Crippen molar-refractivity contribution >= 4 is 31.9 Å². The van der Waals surface area contributed by atoms with Crippen molar-refractivity contribution in [1.29, 1.82) is 0 Å². The van der Waals surface area contributed by atoms with E-state index in [1.54, 1.807) is 10.9 Å². The lowest BCUT2D eigenvalue weighted by atomic mass is 10.2. The Balaban J connectivity index is 2.55. The van der Waals surface area contributed by atoms with Crippen LogP contribution in [-0.4, -0.2) is 9.78 Å². The number of benzene rings is 1. The zero-order chi connectivity index (χ0) is 10.8. The number of aromatic nitrogens is 2. The van der Waals surface area contributed by atoms with Crippen molar-refractivity contribution in [3.8, 4) is 5.69 Å². The number of hydrogen-bond donors (Lipinski definition) is 1. The molecule has 1 aromatic heterocycles. The van der Waals surface area contributed by atoms with Crippen LogP contribution in [0.4, 0.5) is 0 Å². The smallest absolute Gasteiger partial charge is 0.0702 e. The summed E-state index contributed by atoms with van der Waals surface area (Å²) in [5.41, 5.74) is 7.74. The molecule has 0 radical (unpaired) electrons. The van der Waals surface area contributed by atoms with E-state index in [1.165, 1.54) is 0 Å². The SMILES string of the molecule is NCc1ccc(Br)cc1-n1cc(Br)cn1. The number of rotatable bonds is 2. The van der Waals surface area contributed by atoms with Gasteiger partial charge in [0.1, 0.15) is 0 Å². The van der Waals surface area contributed by atoms with Crippen molar-refractivity contribution in [1.82, 2.24) is 9.78 Å². The van der Waals surface area contributed by atoms with E-state index in [2.05, 4.69) is 37.0 Å². The number of halogens is 2. The summed E-state index contributed by atoms with van der Waals surface area (Å²) in [6.45, 7) is 0.500. The fourth-order valence-corrected chi connectivity index (χ4v) is 1.99. The third kappa shape index (κ3) is 2.30. The fourth-order valence-electron chi connectivity index (χ4n) is 1.36. The van der Waals surface area contributed by atoms with Gasteiger partial charge in [0.15, 0.2) is 0 Å². The summed E-state index contributed by atoms with van der Waals surface area (Å²) in [5.74, 6) is 0. The fraction of sp³-hybridized carbons (Fsp3) is 0.100.